The average molecular weight is 277 g/mol. The molecule has 20 heavy (non-hydrogen) atoms. The highest BCUT2D eigenvalue weighted by atomic mass is 16.2. The fraction of sp³-hybridized carbons (Fsp3) is 0.667. The van der Waals surface area contributed by atoms with Gasteiger partial charge in [-0.3, -0.25) is 14.6 Å². The molecule has 1 fully saturated rings. The van der Waals surface area contributed by atoms with E-state index in [4.69, 9.17) is 0 Å². The first-order chi connectivity index (χ1) is 9.38. The molecule has 110 valence electrons. The fourth-order valence-corrected chi connectivity index (χ4v) is 2.82. The van der Waals surface area contributed by atoms with Crippen molar-refractivity contribution in [2.75, 3.05) is 13.1 Å². The van der Waals surface area contributed by atoms with Crippen LogP contribution in [0.25, 0.3) is 0 Å². The summed E-state index contributed by atoms with van der Waals surface area (Å²) in [5.41, 5.74) is 0.228. The van der Waals surface area contributed by atoms with Gasteiger partial charge in [0.05, 0.1) is 12.4 Å². The summed E-state index contributed by atoms with van der Waals surface area (Å²) < 4.78 is 0. The summed E-state index contributed by atoms with van der Waals surface area (Å²) >= 11 is 0. The summed E-state index contributed by atoms with van der Waals surface area (Å²) in [6, 6.07) is 0. The van der Waals surface area contributed by atoms with Crippen LogP contribution in [-0.2, 0) is 0 Å². The predicted molar refractivity (Wildman–Crippen MR) is 77.6 cm³/mol. The normalized spacial score (nSPS) is 20.6. The van der Waals surface area contributed by atoms with E-state index in [2.05, 4.69) is 30.7 Å². The van der Waals surface area contributed by atoms with Gasteiger partial charge in [0.1, 0.15) is 5.69 Å². The second kappa shape index (κ2) is 5.77. The Labute approximate surface area is 119 Å². The van der Waals surface area contributed by atoms with Gasteiger partial charge in [0.2, 0.25) is 0 Å². The molecule has 5 heteroatoms. The molecule has 0 bridgehead atoms. The summed E-state index contributed by atoms with van der Waals surface area (Å²) in [6.07, 6.45) is 5.78. The number of amides is 1. The van der Waals surface area contributed by atoms with Crippen molar-refractivity contribution >= 4 is 5.91 Å². The summed E-state index contributed by atoms with van der Waals surface area (Å²) in [5.74, 6) is 0.512. The molecule has 0 spiro atoms. The Hall–Kier alpha value is -1.65. The maximum Gasteiger partial charge on any atom is 0.271 e. The Morgan fingerprint density at radius 3 is 2.70 bits per heavy atom. The van der Waals surface area contributed by atoms with Crippen LogP contribution in [-0.4, -0.2) is 33.9 Å². The molecule has 1 amide bonds. The number of hydrogen-bond acceptors (Lipinski definition) is 3. The largest absolute Gasteiger partial charge is 0.337 e. The average Bonchev–Trinajstić information content (AvgIpc) is 2.63. The molecule has 5 nitrogen and oxygen atoms in total. The molecule has 1 aromatic heterocycles. The van der Waals surface area contributed by atoms with E-state index >= 15 is 0 Å². The molecule has 1 atom stereocenters. The van der Waals surface area contributed by atoms with Gasteiger partial charge in [-0.15, -0.1) is 0 Å². The van der Waals surface area contributed by atoms with E-state index in [1.54, 1.807) is 0 Å². The number of hydrogen-bond donors (Lipinski definition) is 1. The highest BCUT2D eigenvalue weighted by Crippen LogP contribution is 2.34. The van der Waals surface area contributed by atoms with Crippen LogP contribution in [0.1, 0.15) is 50.5 Å². The van der Waals surface area contributed by atoms with Crippen molar-refractivity contribution in [1.29, 1.82) is 0 Å². The third-order valence-electron chi connectivity index (χ3n) is 4.12. The summed E-state index contributed by atoms with van der Waals surface area (Å²) in [7, 11) is 0. The lowest BCUT2D eigenvalue weighted by molar-refractivity contribution is 0.0749. The second-order valence-corrected chi connectivity index (χ2v) is 6.60. The number of H-pyrrole nitrogens is 1. The highest BCUT2D eigenvalue weighted by Gasteiger charge is 2.28. The molecule has 0 aliphatic carbocycles. The van der Waals surface area contributed by atoms with E-state index in [0.717, 1.165) is 32.4 Å². The Balaban J connectivity index is 2.07. The minimum Gasteiger partial charge on any atom is -0.337 e. The van der Waals surface area contributed by atoms with E-state index in [1.807, 2.05) is 4.90 Å². The van der Waals surface area contributed by atoms with E-state index in [-0.39, 0.29) is 22.6 Å². The molecule has 1 saturated heterocycles. The SMILES string of the molecule is CC(C)(C)[C@H]1CCCN(C(=O)c2cncc(=O)[nH]2)CC1. The summed E-state index contributed by atoms with van der Waals surface area (Å²) in [5, 5.41) is 0. The van der Waals surface area contributed by atoms with E-state index in [0.29, 0.717) is 5.92 Å². The van der Waals surface area contributed by atoms with Crippen LogP contribution in [0.2, 0.25) is 0 Å². The van der Waals surface area contributed by atoms with Crippen LogP contribution in [0.15, 0.2) is 17.2 Å². The number of aromatic nitrogens is 2. The summed E-state index contributed by atoms with van der Waals surface area (Å²) in [4.78, 5) is 31.8. The van der Waals surface area contributed by atoms with Gasteiger partial charge in [-0.2, -0.15) is 0 Å². The van der Waals surface area contributed by atoms with Crippen molar-refractivity contribution in [1.82, 2.24) is 14.9 Å². The Kier molecular flexibility index (Phi) is 4.26. The van der Waals surface area contributed by atoms with Gasteiger partial charge >= 0.3 is 0 Å². The standard InChI is InChI=1S/C15H23N3O2/c1-15(2,3)11-5-4-7-18(8-6-11)14(20)12-9-16-10-13(19)17-12/h9-11H,4-8H2,1-3H3,(H,17,19)/t11-/m0/s1. The Morgan fingerprint density at radius 2 is 2.05 bits per heavy atom. The van der Waals surface area contributed by atoms with Crippen molar-refractivity contribution in [2.24, 2.45) is 11.3 Å². The van der Waals surface area contributed by atoms with Gasteiger partial charge in [0.25, 0.3) is 11.5 Å². The molecule has 1 aliphatic heterocycles. The van der Waals surface area contributed by atoms with E-state index in [1.165, 1.54) is 12.4 Å². The summed E-state index contributed by atoms with van der Waals surface area (Å²) in [6.45, 7) is 8.27. The first-order valence-electron chi connectivity index (χ1n) is 7.21. The number of aromatic amines is 1. The molecule has 2 rings (SSSR count). The van der Waals surface area contributed by atoms with Gasteiger partial charge in [-0.1, -0.05) is 20.8 Å². The zero-order chi connectivity index (χ0) is 14.8. The molecular formula is C15H23N3O2. The molecule has 0 unspecified atom stereocenters. The predicted octanol–water partition coefficient (Wildman–Crippen LogP) is 2.06. The van der Waals surface area contributed by atoms with Crippen molar-refractivity contribution in [3.8, 4) is 0 Å². The molecule has 2 heterocycles. The number of rotatable bonds is 1. The lowest BCUT2D eigenvalue weighted by atomic mass is 9.77. The van der Waals surface area contributed by atoms with Crippen molar-refractivity contribution in [2.45, 2.75) is 40.0 Å². The maximum absolute atomic E-state index is 12.4. The molecule has 1 aliphatic rings. The van der Waals surface area contributed by atoms with Gasteiger partial charge in [0.15, 0.2) is 0 Å². The number of carbonyl (C=O) groups is 1. The molecule has 0 saturated carbocycles. The van der Waals surface area contributed by atoms with Crippen LogP contribution in [0.3, 0.4) is 0 Å². The number of nitrogens with one attached hydrogen (secondary N) is 1. The quantitative estimate of drug-likeness (QED) is 0.854. The molecule has 1 aromatic rings. The third kappa shape index (κ3) is 3.46. The van der Waals surface area contributed by atoms with E-state index < -0.39 is 0 Å². The van der Waals surface area contributed by atoms with Crippen molar-refractivity contribution in [3.63, 3.8) is 0 Å². The second-order valence-electron chi connectivity index (χ2n) is 6.60. The van der Waals surface area contributed by atoms with Crippen molar-refractivity contribution in [3.05, 3.63) is 28.4 Å². The topological polar surface area (TPSA) is 66.1 Å². The number of likely N-dealkylation sites (tertiary alicyclic amines) is 1. The minimum atomic E-state index is -0.335. The number of carbonyl (C=O) groups excluding carboxylic acids is 1. The minimum absolute atomic E-state index is 0.121. The third-order valence-corrected chi connectivity index (χ3v) is 4.12. The van der Waals surface area contributed by atoms with Crippen LogP contribution < -0.4 is 5.56 Å². The van der Waals surface area contributed by atoms with Gasteiger partial charge in [-0.25, -0.2) is 0 Å². The van der Waals surface area contributed by atoms with Gasteiger partial charge in [0, 0.05) is 13.1 Å². The highest BCUT2D eigenvalue weighted by molar-refractivity contribution is 5.91. The number of nitrogens with zero attached hydrogens (tertiary/aromatic N) is 2. The zero-order valence-corrected chi connectivity index (χ0v) is 12.5. The fourth-order valence-electron chi connectivity index (χ4n) is 2.82. The first kappa shape index (κ1) is 14.8. The smallest absolute Gasteiger partial charge is 0.271 e. The molecular weight excluding hydrogens is 254 g/mol. The zero-order valence-electron chi connectivity index (χ0n) is 12.5. The van der Waals surface area contributed by atoms with Crippen LogP contribution in [0.5, 0.6) is 0 Å². The van der Waals surface area contributed by atoms with Crippen LogP contribution >= 0.6 is 0 Å². The first-order valence-corrected chi connectivity index (χ1v) is 7.21. The lowest BCUT2D eigenvalue weighted by Crippen LogP contribution is -2.34. The van der Waals surface area contributed by atoms with E-state index in [9.17, 15) is 9.59 Å². The van der Waals surface area contributed by atoms with Gasteiger partial charge in [-0.05, 0) is 30.6 Å². The van der Waals surface area contributed by atoms with Gasteiger partial charge < -0.3 is 9.88 Å². The maximum atomic E-state index is 12.4. The lowest BCUT2D eigenvalue weighted by Gasteiger charge is -2.29. The Morgan fingerprint density at radius 1 is 1.30 bits per heavy atom. The van der Waals surface area contributed by atoms with Crippen LogP contribution in [0, 0.1) is 11.3 Å². The molecule has 0 radical (unpaired) electrons. The van der Waals surface area contributed by atoms with Crippen LogP contribution in [0.4, 0.5) is 0 Å². The molecule has 1 N–H and O–H groups in total. The molecule has 0 aromatic carbocycles. The van der Waals surface area contributed by atoms with Crippen molar-refractivity contribution < 1.29 is 4.79 Å². The Bertz CT molecular complexity index is 530. The monoisotopic (exact) mass is 277 g/mol.